The zero-order valence-corrected chi connectivity index (χ0v) is 8.35. The molecule has 0 fully saturated rings. The van der Waals surface area contributed by atoms with Gasteiger partial charge in [0.2, 0.25) is 0 Å². The Morgan fingerprint density at radius 2 is 2.23 bits per heavy atom. The van der Waals surface area contributed by atoms with Crippen molar-refractivity contribution in [1.82, 2.24) is 0 Å². The van der Waals surface area contributed by atoms with Gasteiger partial charge in [0, 0.05) is 0 Å². The van der Waals surface area contributed by atoms with Crippen molar-refractivity contribution in [3.63, 3.8) is 0 Å². The number of rotatable bonds is 2. The van der Waals surface area contributed by atoms with Gasteiger partial charge in [0.1, 0.15) is 6.26 Å². The molecule has 1 aromatic rings. The third-order valence-corrected chi connectivity index (χ3v) is 2.89. The van der Waals surface area contributed by atoms with Gasteiger partial charge >= 0.3 is 5.97 Å². The first kappa shape index (κ1) is 10.4. The van der Waals surface area contributed by atoms with Crippen LogP contribution in [-0.4, -0.2) is 21.9 Å². The third kappa shape index (κ3) is 2.37. The molecule has 13 heavy (non-hydrogen) atoms. The summed E-state index contributed by atoms with van der Waals surface area (Å²) in [5.74, 6) is -1.05. The highest BCUT2D eigenvalue weighted by Crippen LogP contribution is 2.22. The fourth-order valence-corrected chi connectivity index (χ4v) is 1.97. The van der Waals surface area contributed by atoms with Crippen molar-refractivity contribution in [2.45, 2.75) is 4.90 Å². The summed E-state index contributed by atoms with van der Waals surface area (Å²) in [6.07, 6.45) is 1.49. The van der Waals surface area contributed by atoms with Gasteiger partial charge < -0.3 is 9.66 Å². The van der Waals surface area contributed by atoms with Gasteiger partial charge in [-0.15, -0.1) is 0 Å². The fourth-order valence-electron chi connectivity index (χ4n) is 0.867. The molecule has 1 N–H and O–H groups in total. The molecule has 0 aliphatic heterocycles. The van der Waals surface area contributed by atoms with E-state index in [1.807, 2.05) is 0 Å². The average molecular weight is 219 g/mol. The Kier molecular flexibility index (Phi) is 3.19. The van der Waals surface area contributed by atoms with Crippen molar-refractivity contribution >= 4 is 28.7 Å². The van der Waals surface area contributed by atoms with Crippen LogP contribution in [0.25, 0.3) is 0 Å². The van der Waals surface area contributed by atoms with Crippen LogP contribution in [0.2, 0.25) is 5.02 Å². The van der Waals surface area contributed by atoms with Crippen LogP contribution in [-0.2, 0) is 11.2 Å². The Labute approximate surface area is 83.5 Å². The van der Waals surface area contributed by atoms with Crippen LogP contribution in [0.1, 0.15) is 10.4 Å². The molecule has 0 heterocycles. The Bertz CT molecular complexity index is 338. The predicted molar refractivity (Wildman–Crippen MR) is 50.7 cm³/mol. The summed E-state index contributed by atoms with van der Waals surface area (Å²) in [7, 11) is 0. The summed E-state index contributed by atoms with van der Waals surface area (Å²) in [5, 5.41) is 8.83. The van der Waals surface area contributed by atoms with Crippen LogP contribution < -0.4 is 0 Å². The minimum absolute atomic E-state index is 0.0965. The molecular formula is C8H7ClO3S. The summed E-state index contributed by atoms with van der Waals surface area (Å²) < 4.78 is 11.0. The molecule has 0 aromatic heterocycles. The van der Waals surface area contributed by atoms with E-state index in [-0.39, 0.29) is 10.6 Å². The lowest BCUT2D eigenvalue weighted by Crippen LogP contribution is -2.01. The summed E-state index contributed by atoms with van der Waals surface area (Å²) >= 11 is 4.53. The molecular weight excluding hydrogens is 212 g/mol. The molecule has 1 unspecified atom stereocenters. The second-order valence-electron chi connectivity index (χ2n) is 2.40. The van der Waals surface area contributed by atoms with Crippen LogP contribution >= 0.6 is 11.6 Å². The quantitative estimate of drug-likeness (QED) is 0.770. The first-order valence-corrected chi connectivity index (χ1v) is 5.32. The van der Waals surface area contributed by atoms with Gasteiger partial charge in [0.05, 0.1) is 10.6 Å². The second kappa shape index (κ2) is 4.00. The number of hydrogen-bond acceptors (Lipinski definition) is 2. The number of hydrogen-bond donors (Lipinski definition) is 1. The number of aromatic carboxylic acids is 1. The van der Waals surface area contributed by atoms with E-state index < -0.39 is 17.1 Å². The molecule has 0 saturated heterocycles. The van der Waals surface area contributed by atoms with Crippen molar-refractivity contribution < 1.29 is 14.5 Å². The lowest BCUT2D eigenvalue weighted by Gasteiger charge is -2.06. The summed E-state index contributed by atoms with van der Waals surface area (Å²) in [6.45, 7) is 0. The third-order valence-electron chi connectivity index (χ3n) is 1.49. The van der Waals surface area contributed by atoms with Crippen molar-refractivity contribution in [2.75, 3.05) is 6.26 Å². The van der Waals surface area contributed by atoms with Crippen LogP contribution in [0, 0.1) is 0 Å². The lowest BCUT2D eigenvalue weighted by molar-refractivity contribution is 0.0697. The summed E-state index contributed by atoms with van der Waals surface area (Å²) in [4.78, 5) is 11.0. The minimum Gasteiger partial charge on any atom is -0.612 e. The number of carboxylic acids is 1. The number of halogens is 1. The fraction of sp³-hybridized carbons (Fsp3) is 0.125. The number of carbonyl (C=O) groups is 1. The average Bonchev–Trinajstić information content (AvgIpc) is 2.03. The van der Waals surface area contributed by atoms with E-state index in [0.29, 0.717) is 4.90 Å². The maximum atomic E-state index is 11.0. The topological polar surface area (TPSA) is 60.4 Å². The van der Waals surface area contributed by atoms with Crippen LogP contribution in [0.4, 0.5) is 0 Å². The highest BCUT2D eigenvalue weighted by atomic mass is 35.5. The monoisotopic (exact) mass is 218 g/mol. The van der Waals surface area contributed by atoms with E-state index >= 15 is 0 Å². The maximum Gasteiger partial charge on any atom is 0.335 e. The predicted octanol–water partition coefficient (Wildman–Crippen LogP) is 1.78. The summed E-state index contributed by atoms with van der Waals surface area (Å²) in [6, 6.07) is 4.13. The summed E-state index contributed by atoms with van der Waals surface area (Å²) in [5.41, 5.74) is 0.0965. The van der Waals surface area contributed by atoms with Gasteiger partial charge in [-0.25, -0.2) is 4.79 Å². The molecule has 1 rings (SSSR count). The molecule has 5 heteroatoms. The van der Waals surface area contributed by atoms with Crippen molar-refractivity contribution in [3.05, 3.63) is 28.8 Å². The molecule has 0 amide bonds. The van der Waals surface area contributed by atoms with Crippen molar-refractivity contribution in [1.29, 1.82) is 0 Å². The van der Waals surface area contributed by atoms with Crippen molar-refractivity contribution in [3.8, 4) is 0 Å². The highest BCUT2D eigenvalue weighted by molar-refractivity contribution is 7.90. The van der Waals surface area contributed by atoms with Gasteiger partial charge in [-0.05, 0) is 29.4 Å². The Morgan fingerprint density at radius 3 is 2.62 bits per heavy atom. The normalized spacial score (nSPS) is 12.5. The Hall–Kier alpha value is -0.710. The minimum atomic E-state index is -1.19. The molecule has 70 valence electrons. The second-order valence-corrected chi connectivity index (χ2v) is 4.16. The van der Waals surface area contributed by atoms with Gasteiger partial charge in [-0.2, -0.15) is 0 Å². The van der Waals surface area contributed by atoms with Crippen LogP contribution in [0.5, 0.6) is 0 Å². The zero-order chi connectivity index (χ0) is 10.0. The highest BCUT2D eigenvalue weighted by Gasteiger charge is 2.12. The van der Waals surface area contributed by atoms with Crippen molar-refractivity contribution in [2.24, 2.45) is 0 Å². The van der Waals surface area contributed by atoms with Gasteiger partial charge in [0.15, 0.2) is 4.90 Å². The van der Waals surface area contributed by atoms with E-state index in [9.17, 15) is 9.35 Å². The zero-order valence-electron chi connectivity index (χ0n) is 6.78. The SMILES string of the molecule is C[S+]([O-])c1ccc(C(=O)O)cc1Cl. The molecule has 3 nitrogen and oxygen atoms in total. The van der Waals surface area contributed by atoms with Gasteiger partial charge in [-0.1, -0.05) is 11.6 Å². The Morgan fingerprint density at radius 1 is 1.62 bits per heavy atom. The largest absolute Gasteiger partial charge is 0.612 e. The molecule has 0 bridgehead atoms. The lowest BCUT2D eigenvalue weighted by atomic mass is 10.2. The van der Waals surface area contributed by atoms with E-state index in [4.69, 9.17) is 16.7 Å². The van der Waals surface area contributed by atoms with Crippen LogP contribution in [0.3, 0.4) is 0 Å². The molecule has 1 aromatic carbocycles. The van der Waals surface area contributed by atoms with Gasteiger partial charge in [0.25, 0.3) is 0 Å². The molecule has 0 spiro atoms. The number of carboxylic acid groups (broad SMARTS) is 1. The molecule has 1 atom stereocenters. The van der Waals surface area contributed by atoms with E-state index in [1.165, 1.54) is 24.5 Å². The first-order chi connectivity index (χ1) is 6.02. The molecule has 0 aliphatic rings. The maximum absolute atomic E-state index is 11.0. The molecule has 0 radical (unpaired) electrons. The first-order valence-electron chi connectivity index (χ1n) is 3.38. The smallest absolute Gasteiger partial charge is 0.335 e. The Balaban J connectivity index is 3.13. The van der Waals surface area contributed by atoms with E-state index in [0.717, 1.165) is 0 Å². The molecule has 0 aliphatic carbocycles. The van der Waals surface area contributed by atoms with Gasteiger partial charge in [-0.3, -0.25) is 0 Å². The van der Waals surface area contributed by atoms with E-state index in [2.05, 4.69) is 0 Å². The molecule has 0 saturated carbocycles. The van der Waals surface area contributed by atoms with Crippen LogP contribution in [0.15, 0.2) is 23.1 Å². The van der Waals surface area contributed by atoms with E-state index in [1.54, 1.807) is 0 Å². The standard InChI is InChI=1S/C8H7ClO3S/c1-13(12)7-3-2-5(8(10)11)4-6(7)9/h2-4H,1H3,(H,10,11). The number of benzene rings is 1.